The number of nitrogens with zero attached hydrogens (tertiary/aromatic N) is 1. The van der Waals surface area contributed by atoms with Crippen molar-refractivity contribution < 1.29 is 8.42 Å². The minimum Gasteiger partial charge on any atom is -0.293 e. The third-order valence-electron chi connectivity index (χ3n) is 3.79. The molecule has 1 aliphatic carbocycles. The maximum absolute atomic E-state index is 12.0. The molecule has 1 unspecified atom stereocenters. The molecule has 0 saturated heterocycles. The average Bonchev–Trinajstić information content (AvgIpc) is 2.83. The van der Waals surface area contributed by atoms with E-state index in [1.165, 1.54) is 6.26 Å². The second kappa shape index (κ2) is 4.59. The minimum atomic E-state index is -3.20. The van der Waals surface area contributed by atoms with Crippen molar-refractivity contribution in [2.24, 2.45) is 0 Å². The van der Waals surface area contributed by atoms with Crippen LogP contribution >= 0.6 is 0 Å². The summed E-state index contributed by atoms with van der Waals surface area (Å²) in [5.74, 6) is 0.432. The summed E-state index contributed by atoms with van der Waals surface area (Å²) in [5, 5.41) is 5.73. The third kappa shape index (κ3) is 2.29. The Labute approximate surface area is 116 Å². The molecule has 2 atom stereocenters. The number of fused-ring (bicyclic) bond motifs is 1. The molecule has 1 aromatic carbocycles. The lowest BCUT2D eigenvalue weighted by atomic mass is 9.83. The summed E-state index contributed by atoms with van der Waals surface area (Å²) in [6, 6.07) is 7.55. The molecule has 0 bridgehead atoms. The molecule has 20 heavy (non-hydrogen) atoms. The quantitative estimate of drug-likeness (QED) is 0.860. The first-order valence-electron chi connectivity index (χ1n) is 6.36. The van der Waals surface area contributed by atoms with Crippen molar-refractivity contribution in [1.29, 1.82) is 0 Å². The van der Waals surface area contributed by atoms with E-state index in [4.69, 9.17) is 0 Å². The number of aromatic amines is 2. The first kappa shape index (κ1) is 13.1. The van der Waals surface area contributed by atoms with E-state index in [2.05, 4.69) is 15.2 Å². The van der Waals surface area contributed by atoms with E-state index in [9.17, 15) is 13.2 Å². The lowest BCUT2D eigenvalue weighted by Crippen LogP contribution is -2.23. The second-order valence-electron chi connectivity index (χ2n) is 5.22. The Morgan fingerprint density at radius 1 is 1.30 bits per heavy atom. The van der Waals surface area contributed by atoms with Crippen molar-refractivity contribution in [3.8, 4) is 0 Å². The van der Waals surface area contributed by atoms with E-state index in [1.54, 1.807) is 0 Å². The van der Waals surface area contributed by atoms with Crippen LogP contribution in [0.4, 0.5) is 0 Å². The van der Waals surface area contributed by atoms with Crippen LogP contribution in [-0.2, 0) is 16.3 Å². The van der Waals surface area contributed by atoms with E-state index in [1.807, 2.05) is 24.3 Å². The minimum absolute atomic E-state index is 0.0939. The van der Waals surface area contributed by atoms with Gasteiger partial charge in [-0.25, -0.2) is 18.3 Å². The molecule has 1 heterocycles. The van der Waals surface area contributed by atoms with Gasteiger partial charge >= 0.3 is 5.69 Å². The number of H-pyrrole nitrogens is 2. The smallest absolute Gasteiger partial charge is 0.293 e. The zero-order valence-corrected chi connectivity index (χ0v) is 11.8. The number of hydrogen-bond donors (Lipinski definition) is 2. The molecule has 0 aliphatic heterocycles. The first-order chi connectivity index (χ1) is 9.45. The molecule has 0 amide bonds. The van der Waals surface area contributed by atoms with E-state index < -0.39 is 15.1 Å². The van der Waals surface area contributed by atoms with Crippen molar-refractivity contribution in [3.63, 3.8) is 0 Å². The molecule has 1 aromatic heterocycles. The normalized spacial score (nSPS) is 22.4. The second-order valence-corrected chi connectivity index (χ2v) is 7.44. The summed E-state index contributed by atoms with van der Waals surface area (Å²) in [5.41, 5.74) is 1.50. The van der Waals surface area contributed by atoms with Crippen molar-refractivity contribution >= 4 is 9.84 Å². The molecule has 7 heteroatoms. The Kier molecular flexibility index (Phi) is 3.01. The topological polar surface area (TPSA) is 95.7 Å². The van der Waals surface area contributed by atoms with Gasteiger partial charge in [0.15, 0.2) is 9.84 Å². The Bertz CT molecular complexity index is 791. The standard InChI is InChI=1S/C13H15N3O3S/c1-20(18,19)11-7-9(12-14-13(17)16-15-12)6-8-4-2-3-5-10(8)11/h2-5,9,11H,6-7H2,1H3,(H2,14,15,16,17)/t9-,11?/m1/s1. The van der Waals surface area contributed by atoms with Crippen molar-refractivity contribution in [2.45, 2.75) is 24.0 Å². The monoisotopic (exact) mass is 293 g/mol. The predicted octanol–water partition coefficient (Wildman–Crippen LogP) is 0.914. The number of rotatable bonds is 2. The van der Waals surface area contributed by atoms with Crippen LogP contribution in [0.1, 0.15) is 34.5 Å². The molecule has 2 N–H and O–H groups in total. The van der Waals surface area contributed by atoms with Gasteiger partial charge in [0.25, 0.3) is 0 Å². The average molecular weight is 293 g/mol. The van der Waals surface area contributed by atoms with Gasteiger partial charge in [-0.15, -0.1) is 0 Å². The maximum Gasteiger partial charge on any atom is 0.340 e. The molecular weight excluding hydrogens is 278 g/mol. The molecule has 0 saturated carbocycles. The molecule has 106 valence electrons. The molecule has 0 radical (unpaired) electrons. The third-order valence-corrected chi connectivity index (χ3v) is 5.27. The number of aromatic nitrogens is 3. The van der Waals surface area contributed by atoms with Crippen LogP contribution in [0.2, 0.25) is 0 Å². The Morgan fingerprint density at radius 2 is 2.05 bits per heavy atom. The van der Waals surface area contributed by atoms with Crippen molar-refractivity contribution in [3.05, 3.63) is 51.7 Å². The highest BCUT2D eigenvalue weighted by atomic mass is 32.2. The van der Waals surface area contributed by atoms with Crippen LogP contribution in [0.25, 0.3) is 0 Å². The van der Waals surface area contributed by atoms with Gasteiger partial charge in [0.1, 0.15) is 5.82 Å². The molecule has 0 spiro atoms. The van der Waals surface area contributed by atoms with Gasteiger partial charge in [0, 0.05) is 12.2 Å². The largest absolute Gasteiger partial charge is 0.340 e. The predicted molar refractivity (Wildman–Crippen MR) is 74.3 cm³/mol. The summed E-state index contributed by atoms with van der Waals surface area (Å²) in [6.45, 7) is 0. The van der Waals surface area contributed by atoms with Gasteiger partial charge in [-0.05, 0) is 24.0 Å². The molecular formula is C13H15N3O3S. The van der Waals surface area contributed by atoms with Gasteiger partial charge in [0.05, 0.1) is 5.25 Å². The van der Waals surface area contributed by atoms with Gasteiger partial charge in [0.2, 0.25) is 0 Å². The van der Waals surface area contributed by atoms with Gasteiger partial charge < -0.3 is 0 Å². The van der Waals surface area contributed by atoms with Crippen molar-refractivity contribution in [1.82, 2.24) is 15.2 Å². The van der Waals surface area contributed by atoms with Gasteiger partial charge in [-0.3, -0.25) is 4.98 Å². The molecule has 3 rings (SSSR count). The Hall–Kier alpha value is -1.89. The zero-order chi connectivity index (χ0) is 14.3. The van der Waals surface area contributed by atoms with Gasteiger partial charge in [-0.1, -0.05) is 24.3 Å². The van der Waals surface area contributed by atoms with Crippen LogP contribution in [0, 0.1) is 0 Å². The fourth-order valence-electron chi connectivity index (χ4n) is 2.86. The SMILES string of the molecule is CS(=O)(=O)C1C[C@H](c2n[nH]c(=O)[nH]2)Cc2ccccc21. The van der Waals surface area contributed by atoms with Crippen LogP contribution in [0.5, 0.6) is 0 Å². The summed E-state index contributed by atoms with van der Waals surface area (Å²) >= 11 is 0. The fourth-order valence-corrected chi connectivity index (χ4v) is 4.13. The summed E-state index contributed by atoms with van der Waals surface area (Å²) in [7, 11) is -3.20. The number of hydrogen-bond acceptors (Lipinski definition) is 4. The van der Waals surface area contributed by atoms with E-state index in [0.717, 1.165) is 11.1 Å². The van der Waals surface area contributed by atoms with Gasteiger partial charge in [-0.2, -0.15) is 5.10 Å². The van der Waals surface area contributed by atoms with Crippen LogP contribution in [0.3, 0.4) is 0 Å². The van der Waals surface area contributed by atoms with Crippen LogP contribution in [0.15, 0.2) is 29.1 Å². The highest BCUT2D eigenvalue weighted by Crippen LogP contribution is 2.41. The molecule has 0 fully saturated rings. The van der Waals surface area contributed by atoms with Crippen LogP contribution in [-0.4, -0.2) is 29.9 Å². The summed E-state index contributed by atoms with van der Waals surface area (Å²) in [6.07, 6.45) is 2.38. The summed E-state index contributed by atoms with van der Waals surface area (Å²) in [4.78, 5) is 13.8. The number of benzene rings is 1. The highest BCUT2D eigenvalue weighted by Gasteiger charge is 2.34. The highest BCUT2D eigenvalue weighted by molar-refractivity contribution is 7.90. The molecule has 6 nitrogen and oxygen atoms in total. The Balaban J connectivity index is 2.07. The van der Waals surface area contributed by atoms with E-state index in [-0.39, 0.29) is 11.6 Å². The van der Waals surface area contributed by atoms with Crippen LogP contribution < -0.4 is 5.69 Å². The fraction of sp³-hybridized carbons (Fsp3) is 0.385. The molecule has 1 aliphatic rings. The lowest BCUT2D eigenvalue weighted by Gasteiger charge is -2.29. The maximum atomic E-state index is 12.0. The number of sulfone groups is 1. The first-order valence-corrected chi connectivity index (χ1v) is 8.32. The molecule has 2 aromatic rings. The van der Waals surface area contributed by atoms with E-state index in [0.29, 0.717) is 18.7 Å². The Morgan fingerprint density at radius 3 is 2.70 bits per heavy atom. The zero-order valence-electron chi connectivity index (χ0n) is 11.0. The lowest BCUT2D eigenvalue weighted by molar-refractivity contribution is 0.517. The summed E-state index contributed by atoms with van der Waals surface area (Å²) < 4.78 is 24.1. The van der Waals surface area contributed by atoms with E-state index >= 15 is 0 Å². The van der Waals surface area contributed by atoms with Crippen molar-refractivity contribution in [2.75, 3.05) is 6.26 Å². The number of nitrogens with one attached hydrogen (secondary N) is 2.